The van der Waals surface area contributed by atoms with Gasteiger partial charge in [-0.25, -0.2) is 4.98 Å². The summed E-state index contributed by atoms with van der Waals surface area (Å²) in [5.74, 6) is 7.24. The molecule has 0 spiro atoms. The molecule has 0 bridgehead atoms. The summed E-state index contributed by atoms with van der Waals surface area (Å²) in [7, 11) is 0. The third kappa shape index (κ3) is 3.55. The zero-order valence-corrected chi connectivity index (χ0v) is 14.3. The highest BCUT2D eigenvalue weighted by Gasteiger charge is 2.18. The van der Waals surface area contributed by atoms with Gasteiger partial charge in [-0.2, -0.15) is 0 Å². The van der Waals surface area contributed by atoms with E-state index < -0.39 is 0 Å². The van der Waals surface area contributed by atoms with Crippen LogP contribution in [0.5, 0.6) is 0 Å². The molecule has 2 aliphatic rings. The fourth-order valence-corrected chi connectivity index (χ4v) is 3.29. The van der Waals surface area contributed by atoms with Crippen molar-refractivity contribution in [3.8, 4) is 23.1 Å². The lowest BCUT2D eigenvalue weighted by Crippen LogP contribution is -2.24. The average Bonchev–Trinajstić information content (AvgIpc) is 3.38. The Morgan fingerprint density at radius 1 is 1.17 bits per heavy atom. The lowest BCUT2D eigenvalue weighted by atomic mass is 10.1. The van der Waals surface area contributed by atoms with Gasteiger partial charge in [0.05, 0.1) is 30.4 Å². The van der Waals surface area contributed by atoms with Crippen LogP contribution in [0.4, 0.5) is 0 Å². The molecule has 1 aliphatic heterocycles. The average molecular weight is 320 g/mol. The lowest BCUT2D eigenvalue weighted by molar-refractivity contribution is 0.00622. The van der Waals surface area contributed by atoms with Gasteiger partial charge in [-0.3, -0.25) is 0 Å². The highest BCUT2D eigenvalue weighted by molar-refractivity contribution is 5.63. The van der Waals surface area contributed by atoms with E-state index in [2.05, 4.69) is 52.6 Å². The van der Waals surface area contributed by atoms with Gasteiger partial charge in [0.1, 0.15) is 0 Å². The number of imidazole rings is 1. The van der Waals surface area contributed by atoms with Gasteiger partial charge in [0.25, 0.3) is 0 Å². The van der Waals surface area contributed by atoms with Crippen LogP contribution < -0.4 is 0 Å². The number of aromatic nitrogens is 2. The summed E-state index contributed by atoms with van der Waals surface area (Å²) in [5.41, 5.74) is 4.58. The molecule has 2 heterocycles. The Morgan fingerprint density at radius 2 is 2.00 bits per heavy atom. The summed E-state index contributed by atoms with van der Waals surface area (Å²) in [6.07, 6.45) is 8.40. The van der Waals surface area contributed by atoms with Gasteiger partial charge < -0.3 is 9.30 Å². The minimum atomic E-state index is 0.315. The minimum Gasteiger partial charge on any atom is -0.376 e. The third-order valence-electron chi connectivity index (χ3n) is 4.85. The highest BCUT2D eigenvalue weighted by Crippen LogP contribution is 2.28. The number of hydrogen-bond acceptors (Lipinski definition) is 2. The molecule has 0 amide bonds. The van der Waals surface area contributed by atoms with Gasteiger partial charge in [-0.15, -0.1) is 0 Å². The third-order valence-corrected chi connectivity index (χ3v) is 4.85. The zero-order valence-electron chi connectivity index (χ0n) is 14.3. The molecule has 2 fully saturated rings. The Morgan fingerprint density at radius 3 is 2.71 bits per heavy atom. The molecule has 0 unspecified atom stereocenters. The molecule has 1 saturated heterocycles. The Bertz CT molecular complexity index is 753. The van der Waals surface area contributed by atoms with E-state index in [0.29, 0.717) is 12.0 Å². The molecule has 0 N–H and O–H groups in total. The Balaban J connectivity index is 1.54. The minimum absolute atomic E-state index is 0.315. The van der Waals surface area contributed by atoms with Crippen LogP contribution in [0.2, 0.25) is 0 Å². The van der Waals surface area contributed by atoms with Crippen LogP contribution in [0.3, 0.4) is 0 Å². The maximum absolute atomic E-state index is 5.89. The van der Waals surface area contributed by atoms with E-state index in [1.165, 1.54) is 36.9 Å². The number of ether oxygens (including phenoxy) is 1. The first-order valence-corrected chi connectivity index (χ1v) is 9.05. The predicted octanol–water partition coefficient (Wildman–Crippen LogP) is 4.19. The van der Waals surface area contributed by atoms with Crippen molar-refractivity contribution in [3.05, 3.63) is 41.9 Å². The lowest BCUT2D eigenvalue weighted by Gasteiger charge is -2.23. The molecule has 1 saturated carbocycles. The molecule has 2 aromatic rings. The van der Waals surface area contributed by atoms with Crippen LogP contribution in [0, 0.1) is 24.7 Å². The first-order valence-electron chi connectivity index (χ1n) is 9.05. The van der Waals surface area contributed by atoms with Crippen molar-refractivity contribution < 1.29 is 4.74 Å². The molecule has 24 heavy (non-hydrogen) atoms. The van der Waals surface area contributed by atoms with E-state index in [1.54, 1.807) is 0 Å². The van der Waals surface area contributed by atoms with Crippen molar-refractivity contribution in [2.45, 2.75) is 51.7 Å². The van der Waals surface area contributed by atoms with Crippen LogP contribution in [0.25, 0.3) is 11.3 Å². The van der Waals surface area contributed by atoms with Crippen LogP contribution in [0.1, 0.15) is 43.4 Å². The molecular weight excluding hydrogens is 296 g/mol. The first-order chi connectivity index (χ1) is 11.8. The van der Waals surface area contributed by atoms with E-state index in [0.717, 1.165) is 30.8 Å². The normalized spacial score (nSPS) is 20.5. The van der Waals surface area contributed by atoms with Crippen molar-refractivity contribution in [1.82, 2.24) is 9.55 Å². The van der Waals surface area contributed by atoms with Gasteiger partial charge >= 0.3 is 0 Å². The second-order valence-electron chi connectivity index (χ2n) is 6.94. The van der Waals surface area contributed by atoms with Crippen molar-refractivity contribution in [2.75, 3.05) is 6.61 Å². The standard InChI is InChI=1S/C21H24N2O/c1-16-21(23(15-22-16)14-20-4-2-3-13-24-20)19-11-9-18(10-12-19)8-7-17-5-6-17/h9-12,15,17,20H,2-6,13-14H2,1H3/t20-/m1/s1. The smallest absolute Gasteiger partial charge is 0.0955 e. The number of benzene rings is 1. The molecule has 4 rings (SSSR count). The molecule has 0 radical (unpaired) electrons. The van der Waals surface area contributed by atoms with Crippen LogP contribution in [0.15, 0.2) is 30.6 Å². The van der Waals surface area contributed by atoms with Gasteiger partial charge in [0.15, 0.2) is 0 Å². The second-order valence-corrected chi connectivity index (χ2v) is 6.94. The number of rotatable bonds is 3. The maximum Gasteiger partial charge on any atom is 0.0955 e. The fraction of sp³-hybridized carbons (Fsp3) is 0.476. The number of aryl methyl sites for hydroxylation is 1. The summed E-state index contributed by atoms with van der Waals surface area (Å²) in [5, 5.41) is 0. The van der Waals surface area contributed by atoms with E-state index in [4.69, 9.17) is 4.74 Å². The molecular formula is C21H24N2O. The van der Waals surface area contributed by atoms with Crippen LogP contribution >= 0.6 is 0 Å². The summed E-state index contributed by atoms with van der Waals surface area (Å²) in [4.78, 5) is 4.53. The maximum atomic E-state index is 5.89. The van der Waals surface area contributed by atoms with Crippen molar-refractivity contribution in [3.63, 3.8) is 0 Å². The van der Waals surface area contributed by atoms with Gasteiger partial charge in [0, 0.05) is 23.7 Å². The monoisotopic (exact) mass is 320 g/mol. The van der Waals surface area contributed by atoms with Crippen molar-refractivity contribution >= 4 is 0 Å². The summed E-state index contributed by atoms with van der Waals surface area (Å²) in [6, 6.07) is 8.58. The molecule has 3 heteroatoms. The Hall–Kier alpha value is -2.05. The second kappa shape index (κ2) is 6.83. The summed E-state index contributed by atoms with van der Waals surface area (Å²) < 4.78 is 8.14. The number of hydrogen-bond donors (Lipinski definition) is 0. The topological polar surface area (TPSA) is 27.1 Å². The number of nitrogens with zero attached hydrogens (tertiary/aromatic N) is 2. The Labute approximate surface area is 144 Å². The summed E-state index contributed by atoms with van der Waals surface area (Å²) >= 11 is 0. The Kier molecular flexibility index (Phi) is 4.40. The molecule has 1 aromatic heterocycles. The SMILES string of the molecule is Cc1ncn(C[C@H]2CCCCO2)c1-c1ccc(C#CC2CC2)cc1. The van der Waals surface area contributed by atoms with Crippen molar-refractivity contribution in [1.29, 1.82) is 0 Å². The highest BCUT2D eigenvalue weighted by atomic mass is 16.5. The van der Waals surface area contributed by atoms with E-state index in [-0.39, 0.29) is 0 Å². The van der Waals surface area contributed by atoms with E-state index in [1.807, 2.05) is 6.33 Å². The van der Waals surface area contributed by atoms with Crippen LogP contribution in [-0.2, 0) is 11.3 Å². The van der Waals surface area contributed by atoms with Gasteiger partial charge in [-0.05, 0) is 51.2 Å². The molecule has 1 aromatic carbocycles. The zero-order chi connectivity index (χ0) is 16.4. The van der Waals surface area contributed by atoms with Crippen molar-refractivity contribution in [2.24, 2.45) is 5.92 Å². The quantitative estimate of drug-likeness (QED) is 0.793. The van der Waals surface area contributed by atoms with E-state index in [9.17, 15) is 0 Å². The van der Waals surface area contributed by atoms with Gasteiger partial charge in [0.2, 0.25) is 0 Å². The summed E-state index contributed by atoms with van der Waals surface area (Å²) in [6.45, 7) is 3.86. The predicted molar refractivity (Wildman–Crippen MR) is 95.6 cm³/mol. The molecule has 1 aliphatic carbocycles. The molecule has 124 valence electrons. The van der Waals surface area contributed by atoms with Crippen LogP contribution in [-0.4, -0.2) is 22.3 Å². The molecule has 3 nitrogen and oxygen atoms in total. The fourth-order valence-electron chi connectivity index (χ4n) is 3.29. The van der Waals surface area contributed by atoms with Gasteiger partial charge in [-0.1, -0.05) is 24.0 Å². The largest absolute Gasteiger partial charge is 0.376 e. The van der Waals surface area contributed by atoms with E-state index >= 15 is 0 Å². The molecule has 1 atom stereocenters. The first kappa shape index (κ1) is 15.5.